The topological polar surface area (TPSA) is 82.4 Å². The van der Waals surface area contributed by atoms with E-state index in [1.807, 2.05) is 25.1 Å². The molecule has 28 heavy (non-hydrogen) atoms. The fourth-order valence-electron chi connectivity index (χ4n) is 4.62. The lowest BCUT2D eigenvalue weighted by Crippen LogP contribution is -2.47. The number of rotatable bonds is 6. The van der Waals surface area contributed by atoms with Crippen LogP contribution in [0.5, 0.6) is 0 Å². The zero-order valence-electron chi connectivity index (χ0n) is 16.3. The maximum Gasteiger partial charge on any atom is 0.313 e. The fraction of sp³-hybridized carbons (Fsp3) is 0.571. The van der Waals surface area contributed by atoms with Crippen LogP contribution in [0.15, 0.2) is 24.3 Å². The molecule has 3 fully saturated rings. The number of carbonyl (C=O) groups is 2. The van der Waals surface area contributed by atoms with E-state index in [-0.39, 0.29) is 35.7 Å². The van der Waals surface area contributed by atoms with Crippen molar-refractivity contribution >= 4 is 29.3 Å². The number of nitrogens with zero attached hydrogens (tertiary/aromatic N) is 2. The summed E-state index contributed by atoms with van der Waals surface area (Å²) in [7, 11) is 0. The van der Waals surface area contributed by atoms with Gasteiger partial charge in [-0.2, -0.15) is 5.26 Å². The van der Waals surface area contributed by atoms with Crippen LogP contribution in [0.1, 0.15) is 26.3 Å². The first kappa shape index (κ1) is 19.1. The van der Waals surface area contributed by atoms with Crippen molar-refractivity contribution in [1.29, 1.82) is 5.26 Å². The fourth-order valence-corrected chi connectivity index (χ4v) is 6.77. The molecule has 4 rings (SSSR count). The number of anilines is 1. The van der Waals surface area contributed by atoms with Crippen molar-refractivity contribution in [2.75, 3.05) is 18.5 Å². The van der Waals surface area contributed by atoms with Crippen LogP contribution in [0.3, 0.4) is 0 Å². The lowest BCUT2D eigenvalue weighted by Gasteiger charge is -2.35. The Balaban J connectivity index is 1.58. The molecule has 6 atom stereocenters. The van der Waals surface area contributed by atoms with Gasteiger partial charge in [0.2, 0.25) is 5.91 Å². The molecule has 1 heterocycles. The first-order valence-electron chi connectivity index (χ1n) is 9.95. The van der Waals surface area contributed by atoms with Crippen LogP contribution in [-0.2, 0) is 20.7 Å². The third kappa shape index (κ3) is 2.61. The summed E-state index contributed by atoms with van der Waals surface area (Å²) in [6, 6.07) is 10.4. The van der Waals surface area contributed by atoms with Gasteiger partial charge in [-0.15, -0.1) is 11.8 Å². The minimum absolute atomic E-state index is 0.0291. The molecular weight excluding hydrogens is 374 g/mol. The van der Waals surface area contributed by atoms with Gasteiger partial charge in [-0.1, -0.05) is 25.1 Å². The number of esters is 1. The zero-order chi connectivity index (χ0) is 20.1. The molecule has 1 aliphatic heterocycles. The van der Waals surface area contributed by atoms with Crippen molar-refractivity contribution in [1.82, 2.24) is 4.90 Å². The van der Waals surface area contributed by atoms with E-state index in [0.29, 0.717) is 6.54 Å². The molecule has 0 bridgehead atoms. The zero-order valence-corrected chi connectivity index (χ0v) is 17.2. The molecule has 0 aromatic heterocycles. The second-order valence-corrected chi connectivity index (χ2v) is 8.89. The van der Waals surface area contributed by atoms with Crippen LogP contribution in [0.25, 0.3) is 0 Å². The average molecular weight is 400 g/mol. The molecule has 1 aromatic carbocycles. The summed E-state index contributed by atoms with van der Waals surface area (Å²) in [6.07, 6.45) is 0.915. The van der Waals surface area contributed by atoms with Gasteiger partial charge in [0.1, 0.15) is 10.8 Å². The van der Waals surface area contributed by atoms with E-state index in [2.05, 4.69) is 24.4 Å². The van der Waals surface area contributed by atoms with Gasteiger partial charge in [0.05, 0.1) is 30.6 Å². The number of nitrogens with one attached hydrogen (secondary N) is 1. The molecule has 1 amide bonds. The predicted octanol–water partition coefficient (Wildman–Crippen LogP) is 2.65. The van der Waals surface area contributed by atoms with E-state index in [1.165, 1.54) is 5.56 Å². The third-order valence-electron chi connectivity index (χ3n) is 6.08. The Morgan fingerprint density at radius 2 is 2.11 bits per heavy atom. The van der Waals surface area contributed by atoms with E-state index >= 15 is 0 Å². The number of carbonyl (C=O) groups excluding carboxylic acids is 2. The first-order valence-corrected chi connectivity index (χ1v) is 10.8. The number of aryl methyl sites for hydroxylation is 1. The number of nitriles is 1. The summed E-state index contributed by atoms with van der Waals surface area (Å²) >= 11 is 1.62. The monoisotopic (exact) mass is 399 g/mol. The Bertz CT molecular complexity index is 854. The SMILES string of the molecule is CCOC(=O)C1C(C#N)C12SC1C(Nc3ccccc3CC)C1C(=O)N2CC. The minimum atomic E-state index is -0.769. The third-order valence-corrected chi connectivity index (χ3v) is 8.05. The van der Waals surface area contributed by atoms with Gasteiger partial charge in [-0.05, 0) is 31.9 Å². The molecule has 1 saturated heterocycles. The molecule has 3 aliphatic rings. The summed E-state index contributed by atoms with van der Waals surface area (Å²) in [5.41, 5.74) is 2.28. The molecule has 1 spiro atoms. The second kappa shape index (κ2) is 7.00. The summed E-state index contributed by atoms with van der Waals surface area (Å²) < 4.78 is 5.20. The lowest BCUT2D eigenvalue weighted by atomic mass is 10.1. The molecule has 6 unspecified atom stereocenters. The number of para-hydroxylation sites is 1. The average Bonchev–Trinajstić information content (AvgIpc) is 3.56. The highest BCUT2D eigenvalue weighted by atomic mass is 32.2. The molecule has 1 N–H and O–H groups in total. The highest BCUT2D eigenvalue weighted by Gasteiger charge is 2.80. The van der Waals surface area contributed by atoms with E-state index in [9.17, 15) is 14.9 Å². The van der Waals surface area contributed by atoms with E-state index in [0.717, 1.165) is 12.1 Å². The minimum Gasteiger partial charge on any atom is -0.466 e. The first-order chi connectivity index (χ1) is 13.5. The largest absolute Gasteiger partial charge is 0.466 e. The van der Waals surface area contributed by atoms with E-state index < -0.39 is 16.7 Å². The predicted molar refractivity (Wildman–Crippen MR) is 107 cm³/mol. The number of hydrogen-bond donors (Lipinski definition) is 1. The van der Waals surface area contributed by atoms with Crippen LogP contribution in [0, 0.1) is 29.1 Å². The van der Waals surface area contributed by atoms with Gasteiger partial charge < -0.3 is 15.0 Å². The Hall–Kier alpha value is -2.20. The highest BCUT2D eigenvalue weighted by molar-refractivity contribution is 8.02. The number of thioether (sulfide) groups is 1. The van der Waals surface area contributed by atoms with Crippen molar-refractivity contribution in [2.24, 2.45) is 17.8 Å². The highest BCUT2D eigenvalue weighted by Crippen LogP contribution is 2.70. The van der Waals surface area contributed by atoms with Crippen molar-refractivity contribution in [3.05, 3.63) is 29.8 Å². The van der Waals surface area contributed by atoms with Gasteiger partial charge in [-0.25, -0.2) is 0 Å². The number of ether oxygens (including phenoxy) is 1. The van der Waals surface area contributed by atoms with Crippen LogP contribution < -0.4 is 5.32 Å². The van der Waals surface area contributed by atoms with Crippen LogP contribution in [0.2, 0.25) is 0 Å². The number of hydrogen-bond acceptors (Lipinski definition) is 6. The molecular formula is C21H25N3O3S. The van der Waals surface area contributed by atoms with E-state index in [1.54, 1.807) is 23.6 Å². The Kier molecular flexibility index (Phi) is 4.78. The summed E-state index contributed by atoms with van der Waals surface area (Å²) in [5.74, 6) is -1.50. The van der Waals surface area contributed by atoms with E-state index in [4.69, 9.17) is 4.74 Å². The van der Waals surface area contributed by atoms with Crippen LogP contribution in [0.4, 0.5) is 5.69 Å². The molecule has 6 nitrogen and oxygen atoms in total. The Labute approximate surface area is 169 Å². The Morgan fingerprint density at radius 1 is 1.36 bits per heavy atom. The maximum absolute atomic E-state index is 13.2. The standard InChI is InChI=1S/C21H25N3O3S/c1-4-12-9-7-8-10-14(12)23-17-15-18(17)28-21(24(5-2)19(15)25)13(11-22)16(21)20(26)27-6-3/h7-10,13,15-18,23H,4-6H2,1-3H3. The van der Waals surface area contributed by atoms with Gasteiger partial charge >= 0.3 is 5.97 Å². The number of benzene rings is 1. The Morgan fingerprint density at radius 3 is 2.75 bits per heavy atom. The normalized spacial score (nSPS) is 35.1. The van der Waals surface area contributed by atoms with Gasteiger partial charge in [0.15, 0.2) is 0 Å². The van der Waals surface area contributed by atoms with Crippen molar-refractivity contribution in [2.45, 2.75) is 43.4 Å². The van der Waals surface area contributed by atoms with Crippen molar-refractivity contribution < 1.29 is 14.3 Å². The van der Waals surface area contributed by atoms with Gasteiger partial charge in [0.25, 0.3) is 0 Å². The summed E-state index contributed by atoms with van der Waals surface area (Å²) in [4.78, 5) is 26.6. The van der Waals surface area contributed by atoms with Crippen LogP contribution in [-0.4, -0.2) is 46.1 Å². The van der Waals surface area contributed by atoms with Crippen molar-refractivity contribution in [3.8, 4) is 6.07 Å². The molecule has 0 radical (unpaired) electrons. The van der Waals surface area contributed by atoms with Crippen molar-refractivity contribution in [3.63, 3.8) is 0 Å². The number of fused-ring (bicyclic) bond motifs is 1. The molecule has 2 saturated carbocycles. The smallest absolute Gasteiger partial charge is 0.313 e. The number of amides is 1. The molecule has 148 valence electrons. The molecule has 2 aliphatic carbocycles. The lowest BCUT2D eigenvalue weighted by molar-refractivity contribution is -0.146. The molecule has 7 heteroatoms. The quantitative estimate of drug-likeness (QED) is 0.741. The second-order valence-electron chi connectivity index (χ2n) is 7.46. The van der Waals surface area contributed by atoms with Gasteiger partial charge in [0, 0.05) is 17.5 Å². The maximum atomic E-state index is 13.2. The summed E-state index contributed by atoms with van der Waals surface area (Å²) in [5, 5.41) is 13.3. The van der Waals surface area contributed by atoms with Gasteiger partial charge in [-0.3, -0.25) is 9.59 Å². The van der Waals surface area contributed by atoms with Crippen LogP contribution >= 0.6 is 11.8 Å². The molecule has 1 aromatic rings. The summed E-state index contributed by atoms with van der Waals surface area (Å²) in [6.45, 7) is 6.54.